The lowest BCUT2D eigenvalue weighted by atomic mass is 10.1. The van der Waals surface area contributed by atoms with Gasteiger partial charge in [-0.2, -0.15) is 0 Å². The predicted octanol–water partition coefficient (Wildman–Crippen LogP) is 2.66. The van der Waals surface area contributed by atoms with Crippen molar-refractivity contribution >= 4 is 11.8 Å². The highest BCUT2D eigenvalue weighted by Gasteiger charge is 2.28. The molecule has 0 unspecified atom stereocenters. The Morgan fingerprint density at radius 2 is 1.60 bits per heavy atom. The number of para-hydroxylation sites is 2. The van der Waals surface area contributed by atoms with E-state index in [0.29, 0.717) is 5.75 Å². The fraction of sp³-hybridized carbons (Fsp3) is 0.188. The summed E-state index contributed by atoms with van der Waals surface area (Å²) in [5, 5.41) is 2.86. The van der Waals surface area contributed by atoms with Gasteiger partial charge in [-0.3, -0.25) is 0 Å². The lowest BCUT2D eigenvalue weighted by molar-refractivity contribution is 0.193. The third kappa shape index (κ3) is 2.91. The van der Waals surface area contributed by atoms with Gasteiger partial charge in [0.05, 0.1) is 6.04 Å². The van der Waals surface area contributed by atoms with E-state index in [1.807, 2.05) is 36.4 Å². The van der Waals surface area contributed by atoms with Crippen molar-refractivity contribution in [3.63, 3.8) is 0 Å². The number of benzene rings is 2. The Morgan fingerprint density at radius 3 is 2.25 bits per heavy atom. The van der Waals surface area contributed by atoms with E-state index in [1.165, 1.54) is 5.69 Å². The summed E-state index contributed by atoms with van der Waals surface area (Å²) in [6, 6.07) is 19.4. The summed E-state index contributed by atoms with van der Waals surface area (Å²) in [5.74, 6) is 0.559. The number of hydrogen-bond acceptors (Lipinski definition) is 3. The Bertz CT molecular complexity index is 566. The molecule has 0 aromatic heterocycles. The van der Waals surface area contributed by atoms with E-state index >= 15 is 0 Å². The molecule has 20 heavy (non-hydrogen) atoms. The lowest BCUT2D eigenvalue weighted by Crippen LogP contribution is -2.59. The molecule has 0 radical (unpaired) electrons. The SMILES string of the molecule is O=C(NC1CN(c2ccccc2)C1)Oc1ccccc1. The smallest absolute Gasteiger partial charge is 0.410 e. The van der Waals surface area contributed by atoms with Gasteiger partial charge in [0.2, 0.25) is 0 Å². The Kier molecular flexibility index (Phi) is 3.54. The third-order valence-electron chi connectivity index (χ3n) is 3.28. The molecule has 0 bridgehead atoms. The molecule has 1 aliphatic heterocycles. The summed E-state index contributed by atoms with van der Waals surface area (Å²) < 4.78 is 5.19. The summed E-state index contributed by atoms with van der Waals surface area (Å²) >= 11 is 0. The number of nitrogens with one attached hydrogen (secondary N) is 1. The Hall–Kier alpha value is -2.49. The van der Waals surface area contributed by atoms with Crippen molar-refractivity contribution in [1.82, 2.24) is 5.32 Å². The van der Waals surface area contributed by atoms with Gasteiger partial charge in [0.15, 0.2) is 0 Å². The molecule has 1 heterocycles. The summed E-state index contributed by atoms with van der Waals surface area (Å²) in [4.78, 5) is 13.9. The molecule has 0 spiro atoms. The van der Waals surface area contributed by atoms with Crippen LogP contribution in [0.25, 0.3) is 0 Å². The first-order valence-electron chi connectivity index (χ1n) is 6.64. The standard InChI is InChI=1S/C16H16N2O2/c19-16(20-15-9-5-2-6-10-15)17-13-11-18(12-13)14-7-3-1-4-8-14/h1-10,13H,11-12H2,(H,17,19). The van der Waals surface area contributed by atoms with E-state index in [2.05, 4.69) is 22.3 Å². The quantitative estimate of drug-likeness (QED) is 0.930. The summed E-state index contributed by atoms with van der Waals surface area (Å²) in [7, 11) is 0. The monoisotopic (exact) mass is 268 g/mol. The first-order chi connectivity index (χ1) is 9.81. The van der Waals surface area contributed by atoms with Crippen molar-refractivity contribution in [3.8, 4) is 5.75 Å². The molecule has 2 aromatic rings. The van der Waals surface area contributed by atoms with Crippen LogP contribution in [0.15, 0.2) is 60.7 Å². The van der Waals surface area contributed by atoms with Crippen LogP contribution in [0.4, 0.5) is 10.5 Å². The zero-order valence-electron chi connectivity index (χ0n) is 11.0. The van der Waals surface area contributed by atoms with Gasteiger partial charge < -0.3 is 15.0 Å². The molecule has 2 aromatic carbocycles. The number of hydrogen-bond donors (Lipinski definition) is 1. The van der Waals surface area contributed by atoms with Gasteiger partial charge in [0.25, 0.3) is 0 Å². The van der Waals surface area contributed by atoms with Gasteiger partial charge >= 0.3 is 6.09 Å². The molecule has 1 aliphatic rings. The normalized spacial score (nSPS) is 14.5. The zero-order valence-corrected chi connectivity index (χ0v) is 11.0. The van der Waals surface area contributed by atoms with Gasteiger partial charge in [-0.1, -0.05) is 36.4 Å². The minimum absolute atomic E-state index is 0.145. The number of amides is 1. The molecule has 1 fully saturated rings. The second-order valence-electron chi connectivity index (χ2n) is 4.78. The molecule has 0 atom stereocenters. The van der Waals surface area contributed by atoms with Gasteiger partial charge in [0, 0.05) is 18.8 Å². The van der Waals surface area contributed by atoms with Crippen LogP contribution < -0.4 is 15.0 Å². The largest absolute Gasteiger partial charge is 0.412 e. The highest BCUT2D eigenvalue weighted by atomic mass is 16.6. The van der Waals surface area contributed by atoms with Crippen molar-refractivity contribution < 1.29 is 9.53 Å². The van der Waals surface area contributed by atoms with Gasteiger partial charge in [-0.15, -0.1) is 0 Å². The number of ether oxygens (including phenoxy) is 1. The van der Waals surface area contributed by atoms with Crippen LogP contribution >= 0.6 is 0 Å². The maximum atomic E-state index is 11.7. The number of rotatable bonds is 3. The van der Waals surface area contributed by atoms with Crippen molar-refractivity contribution in [2.45, 2.75) is 6.04 Å². The van der Waals surface area contributed by atoms with Crippen LogP contribution in [0, 0.1) is 0 Å². The predicted molar refractivity (Wildman–Crippen MR) is 78.0 cm³/mol. The van der Waals surface area contributed by atoms with Gasteiger partial charge in [-0.25, -0.2) is 4.79 Å². The minimum Gasteiger partial charge on any atom is -0.410 e. The molecule has 4 nitrogen and oxygen atoms in total. The average molecular weight is 268 g/mol. The van der Waals surface area contributed by atoms with Crippen molar-refractivity contribution in [3.05, 3.63) is 60.7 Å². The molecule has 3 rings (SSSR count). The Labute approximate surface area is 118 Å². The summed E-state index contributed by atoms with van der Waals surface area (Å²) in [6.07, 6.45) is -0.395. The average Bonchev–Trinajstić information content (AvgIpc) is 2.44. The molecule has 1 amide bonds. The van der Waals surface area contributed by atoms with Crippen LogP contribution in [0.3, 0.4) is 0 Å². The number of carbonyl (C=O) groups excluding carboxylic acids is 1. The molecular weight excluding hydrogens is 252 g/mol. The summed E-state index contributed by atoms with van der Waals surface area (Å²) in [5.41, 5.74) is 1.18. The van der Waals surface area contributed by atoms with Crippen LogP contribution in [-0.4, -0.2) is 25.2 Å². The van der Waals surface area contributed by atoms with Crippen LogP contribution in [0.2, 0.25) is 0 Å². The zero-order chi connectivity index (χ0) is 13.8. The maximum absolute atomic E-state index is 11.7. The van der Waals surface area contributed by atoms with E-state index in [-0.39, 0.29) is 6.04 Å². The molecule has 0 saturated carbocycles. The lowest BCUT2D eigenvalue weighted by Gasteiger charge is -2.40. The van der Waals surface area contributed by atoms with Crippen molar-refractivity contribution in [2.24, 2.45) is 0 Å². The van der Waals surface area contributed by atoms with Crippen LogP contribution in [0.1, 0.15) is 0 Å². The third-order valence-corrected chi connectivity index (χ3v) is 3.28. The molecule has 0 aliphatic carbocycles. The fourth-order valence-corrected chi connectivity index (χ4v) is 2.21. The van der Waals surface area contributed by atoms with E-state index in [4.69, 9.17) is 4.74 Å². The highest BCUT2D eigenvalue weighted by Crippen LogP contribution is 2.20. The fourth-order valence-electron chi connectivity index (χ4n) is 2.21. The molecule has 1 N–H and O–H groups in total. The van der Waals surface area contributed by atoms with Gasteiger partial charge in [0.1, 0.15) is 5.75 Å². The second-order valence-corrected chi connectivity index (χ2v) is 4.78. The van der Waals surface area contributed by atoms with Crippen molar-refractivity contribution in [2.75, 3.05) is 18.0 Å². The van der Waals surface area contributed by atoms with E-state index in [0.717, 1.165) is 13.1 Å². The second kappa shape index (κ2) is 5.65. The highest BCUT2D eigenvalue weighted by molar-refractivity contribution is 5.71. The first kappa shape index (κ1) is 12.5. The molecule has 102 valence electrons. The Balaban J connectivity index is 1.46. The van der Waals surface area contributed by atoms with Crippen molar-refractivity contribution in [1.29, 1.82) is 0 Å². The Morgan fingerprint density at radius 1 is 1.00 bits per heavy atom. The van der Waals surface area contributed by atoms with E-state index in [1.54, 1.807) is 12.1 Å². The minimum atomic E-state index is -0.395. The summed E-state index contributed by atoms with van der Waals surface area (Å²) in [6.45, 7) is 1.63. The molecular formula is C16H16N2O2. The number of anilines is 1. The van der Waals surface area contributed by atoms with E-state index in [9.17, 15) is 4.79 Å². The number of nitrogens with zero attached hydrogens (tertiary/aromatic N) is 1. The first-order valence-corrected chi connectivity index (χ1v) is 6.64. The van der Waals surface area contributed by atoms with Crippen LogP contribution in [-0.2, 0) is 0 Å². The topological polar surface area (TPSA) is 41.6 Å². The van der Waals surface area contributed by atoms with E-state index < -0.39 is 6.09 Å². The molecule has 1 saturated heterocycles. The molecule has 4 heteroatoms. The number of carbonyl (C=O) groups is 1. The maximum Gasteiger partial charge on any atom is 0.412 e. The van der Waals surface area contributed by atoms with Crippen LogP contribution in [0.5, 0.6) is 5.75 Å². The van der Waals surface area contributed by atoms with Gasteiger partial charge in [-0.05, 0) is 24.3 Å².